The lowest BCUT2D eigenvalue weighted by atomic mass is 10.1. The number of hydrogen-bond acceptors (Lipinski definition) is 3. The standard InChI is InChI=1S/C14H20N2O2/c1-3-9-16-14(17)10-18-12-7-5-11(6-8-12)13(15)4-2/h3,5-8,13H,1,4,9-10,15H2,2H3,(H,16,17)/t13-/m0/s1. The number of nitrogens with two attached hydrogens (primary N) is 1. The van der Waals surface area contributed by atoms with Crippen LogP contribution in [0.25, 0.3) is 0 Å². The Hall–Kier alpha value is -1.81. The lowest BCUT2D eigenvalue weighted by Crippen LogP contribution is -2.28. The molecule has 0 saturated carbocycles. The minimum Gasteiger partial charge on any atom is -0.484 e. The second-order valence-electron chi connectivity index (χ2n) is 3.97. The molecule has 1 amide bonds. The Morgan fingerprint density at radius 1 is 1.50 bits per heavy atom. The second-order valence-corrected chi connectivity index (χ2v) is 3.97. The van der Waals surface area contributed by atoms with Crippen molar-refractivity contribution in [1.29, 1.82) is 0 Å². The lowest BCUT2D eigenvalue weighted by molar-refractivity contribution is -0.122. The summed E-state index contributed by atoms with van der Waals surface area (Å²) in [5.41, 5.74) is 6.98. The van der Waals surface area contributed by atoms with Gasteiger partial charge in [0, 0.05) is 12.6 Å². The minimum atomic E-state index is -0.163. The van der Waals surface area contributed by atoms with Crippen LogP contribution in [0.5, 0.6) is 5.75 Å². The fraction of sp³-hybridized carbons (Fsp3) is 0.357. The van der Waals surface area contributed by atoms with Crippen molar-refractivity contribution >= 4 is 5.91 Å². The maximum Gasteiger partial charge on any atom is 0.258 e. The van der Waals surface area contributed by atoms with E-state index < -0.39 is 0 Å². The zero-order valence-electron chi connectivity index (χ0n) is 10.7. The molecule has 4 heteroatoms. The molecule has 0 radical (unpaired) electrons. The zero-order valence-corrected chi connectivity index (χ0v) is 10.7. The molecule has 0 fully saturated rings. The third-order valence-corrected chi connectivity index (χ3v) is 2.56. The highest BCUT2D eigenvalue weighted by Crippen LogP contribution is 2.18. The summed E-state index contributed by atoms with van der Waals surface area (Å²) in [7, 11) is 0. The van der Waals surface area contributed by atoms with Crippen LogP contribution < -0.4 is 15.8 Å². The van der Waals surface area contributed by atoms with Gasteiger partial charge in [0.25, 0.3) is 5.91 Å². The zero-order chi connectivity index (χ0) is 13.4. The molecule has 0 aliphatic carbocycles. The Bertz CT molecular complexity index is 387. The van der Waals surface area contributed by atoms with E-state index in [-0.39, 0.29) is 18.6 Å². The van der Waals surface area contributed by atoms with Gasteiger partial charge in [-0.25, -0.2) is 0 Å². The smallest absolute Gasteiger partial charge is 0.258 e. The Kier molecular flexibility index (Phi) is 5.94. The van der Waals surface area contributed by atoms with Crippen LogP contribution in [0.15, 0.2) is 36.9 Å². The molecule has 0 heterocycles. The Labute approximate surface area is 108 Å². The molecular weight excluding hydrogens is 228 g/mol. The van der Waals surface area contributed by atoms with Crippen molar-refractivity contribution in [2.45, 2.75) is 19.4 Å². The van der Waals surface area contributed by atoms with E-state index in [1.165, 1.54) is 0 Å². The number of rotatable bonds is 7. The molecule has 0 saturated heterocycles. The van der Waals surface area contributed by atoms with Crippen molar-refractivity contribution in [1.82, 2.24) is 5.32 Å². The first kappa shape index (κ1) is 14.3. The highest BCUT2D eigenvalue weighted by atomic mass is 16.5. The SMILES string of the molecule is C=CCNC(=O)COc1ccc([C@@H](N)CC)cc1. The number of carbonyl (C=O) groups excluding carboxylic acids is 1. The van der Waals surface area contributed by atoms with Gasteiger partial charge in [-0.15, -0.1) is 6.58 Å². The molecule has 1 rings (SSSR count). The largest absolute Gasteiger partial charge is 0.484 e. The summed E-state index contributed by atoms with van der Waals surface area (Å²) >= 11 is 0. The topological polar surface area (TPSA) is 64.3 Å². The molecule has 1 atom stereocenters. The summed E-state index contributed by atoms with van der Waals surface area (Å²) in [4.78, 5) is 11.3. The molecular formula is C14H20N2O2. The van der Waals surface area contributed by atoms with Crippen LogP contribution >= 0.6 is 0 Å². The molecule has 4 nitrogen and oxygen atoms in total. The van der Waals surface area contributed by atoms with Crippen LogP contribution in [0.1, 0.15) is 24.9 Å². The molecule has 0 aromatic heterocycles. The van der Waals surface area contributed by atoms with Crippen molar-refractivity contribution in [3.05, 3.63) is 42.5 Å². The van der Waals surface area contributed by atoms with E-state index in [9.17, 15) is 4.79 Å². The maximum atomic E-state index is 11.3. The van der Waals surface area contributed by atoms with Crippen molar-refractivity contribution in [3.8, 4) is 5.75 Å². The van der Waals surface area contributed by atoms with Crippen LogP contribution in [0.4, 0.5) is 0 Å². The molecule has 0 aliphatic heterocycles. The Morgan fingerprint density at radius 3 is 2.72 bits per heavy atom. The Balaban J connectivity index is 2.44. The van der Waals surface area contributed by atoms with E-state index in [0.29, 0.717) is 12.3 Å². The van der Waals surface area contributed by atoms with E-state index in [1.54, 1.807) is 6.08 Å². The predicted molar refractivity (Wildman–Crippen MR) is 72.4 cm³/mol. The van der Waals surface area contributed by atoms with E-state index in [4.69, 9.17) is 10.5 Å². The monoisotopic (exact) mass is 248 g/mol. The summed E-state index contributed by atoms with van der Waals surface area (Å²) in [6, 6.07) is 7.54. The van der Waals surface area contributed by atoms with Gasteiger partial charge in [-0.05, 0) is 24.1 Å². The third kappa shape index (κ3) is 4.59. The van der Waals surface area contributed by atoms with Gasteiger partial charge in [-0.3, -0.25) is 4.79 Å². The summed E-state index contributed by atoms with van der Waals surface area (Å²) in [5, 5.41) is 2.64. The molecule has 18 heavy (non-hydrogen) atoms. The van der Waals surface area contributed by atoms with Gasteiger partial charge in [0.2, 0.25) is 0 Å². The Morgan fingerprint density at radius 2 is 2.17 bits per heavy atom. The number of benzene rings is 1. The molecule has 1 aromatic carbocycles. The van der Waals surface area contributed by atoms with E-state index in [1.807, 2.05) is 31.2 Å². The minimum absolute atomic E-state index is 0.00696. The number of carbonyl (C=O) groups is 1. The maximum absolute atomic E-state index is 11.3. The van der Waals surface area contributed by atoms with Gasteiger partial charge in [-0.1, -0.05) is 25.1 Å². The van der Waals surface area contributed by atoms with Crippen molar-refractivity contribution in [2.24, 2.45) is 5.73 Å². The van der Waals surface area contributed by atoms with Gasteiger partial charge in [0.1, 0.15) is 5.75 Å². The molecule has 3 N–H and O–H groups in total. The number of nitrogens with one attached hydrogen (secondary N) is 1. The first-order valence-electron chi connectivity index (χ1n) is 6.03. The van der Waals surface area contributed by atoms with Crippen molar-refractivity contribution in [3.63, 3.8) is 0 Å². The first-order chi connectivity index (χ1) is 8.67. The van der Waals surface area contributed by atoms with E-state index >= 15 is 0 Å². The molecule has 0 spiro atoms. The van der Waals surface area contributed by atoms with Gasteiger partial charge in [0.15, 0.2) is 6.61 Å². The van der Waals surface area contributed by atoms with Gasteiger partial charge in [0.05, 0.1) is 0 Å². The lowest BCUT2D eigenvalue weighted by Gasteiger charge is -2.10. The number of amides is 1. The molecule has 98 valence electrons. The quantitative estimate of drug-likeness (QED) is 0.723. The van der Waals surface area contributed by atoms with Crippen LogP contribution in [-0.4, -0.2) is 19.1 Å². The molecule has 1 aromatic rings. The summed E-state index contributed by atoms with van der Waals surface area (Å²) in [6.07, 6.45) is 2.52. The van der Waals surface area contributed by atoms with E-state index in [0.717, 1.165) is 12.0 Å². The molecule has 0 aliphatic rings. The van der Waals surface area contributed by atoms with Crippen LogP contribution in [0, 0.1) is 0 Å². The first-order valence-corrected chi connectivity index (χ1v) is 6.03. The van der Waals surface area contributed by atoms with Crippen LogP contribution in [0.2, 0.25) is 0 Å². The van der Waals surface area contributed by atoms with Gasteiger partial charge < -0.3 is 15.8 Å². The third-order valence-electron chi connectivity index (χ3n) is 2.56. The summed E-state index contributed by atoms with van der Waals surface area (Å²) in [5.74, 6) is 0.500. The average molecular weight is 248 g/mol. The highest BCUT2D eigenvalue weighted by Gasteiger charge is 2.04. The highest BCUT2D eigenvalue weighted by molar-refractivity contribution is 5.77. The van der Waals surface area contributed by atoms with Gasteiger partial charge >= 0.3 is 0 Å². The number of ether oxygens (including phenoxy) is 1. The van der Waals surface area contributed by atoms with E-state index in [2.05, 4.69) is 11.9 Å². The van der Waals surface area contributed by atoms with Crippen molar-refractivity contribution < 1.29 is 9.53 Å². The van der Waals surface area contributed by atoms with Crippen LogP contribution in [0.3, 0.4) is 0 Å². The molecule has 0 bridgehead atoms. The number of hydrogen-bond donors (Lipinski definition) is 2. The van der Waals surface area contributed by atoms with Crippen molar-refractivity contribution in [2.75, 3.05) is 13.2 Å². The normalized spacial score (nSPS) is 11.7. The predicted octanol–water partition coefficient (Wildman–Crippen LogP) is 1.78. The summed E-state index contributed by atoms with van der Waals surface area (Å²) < 4.78 is 5.35. The van der Waals surface area contributed by atoms with Crippen LogP contribution in [-0.2, 0) is 4.79 Å². The second kappa shape index (κ2) is 7.50. The fourth-order valence-corrected chi connectivity index (χ4v) is 1.43. The fourth-order valence-electron chi connectivity index (χ4n) is 1.43. The summed E-state index contributed by atoms with van der Waals surface area (Å²) in [6.45, 7) is 6.02. The molecule has 0 unspecified atom stereocenters. The average Bonchev–Trinajstić information content (AvgIpc) is 2.42. The van der Waals surface area contributed by atoms with Gasteiger partial charge in [-0.2, -0.15) is 0 Å².